The molecule has 0 aliphatic heterocycles. The number of nitrogen functional groups attached to an aromatic ring is 1. The van der Waals surface area contributed by atoms with Crippen LogP contribution in [-0.4, -0.2) is 5.78 Å². The number of aryl methyl sites for hydroxylation is 1. The number of carbonyl (C=O) groups is 1. The van der Waals surface area contributed by atoms with Crippen LogP contribution in [-0.2, 0) is 0 Å². The first-order chi connectivity index (χ1) is 5.52. The van der Waals surface area contributed by atoms with Crippen LogP contribution < -0.4 is 5.73 Å². The second kappa shape index (κ2) is 3.43. The largest absolute Gasteiger partial charge is 0.398 e. The van der Waals surface area contributed by atoms with Crippen molar-refractivity contribution in [2.45, 2.75) is 13.8 Å². The number of rotatable bonds is 1. The minimum atomic E-state index is 0.0856. The third-order valence-corrected chi connectivity index (χ3v) is 2.63. The maximum Gasteiger partial charge on any atom is 0.160 e. The number of ketones is 1. The molecule has 2 N–H and O–H groups in total. The molecule has 0 aliphatic carbocycles. The van der Waals surface area contributed by atoms with Crippen molar-refractivity contribution in [3.63, 3.8) is 0 Å². The van der Waals surface area contributed by atoms with Gasteiger partial charge in [0.2, 0.25) is 0 Å². The van der Waals surface area contributed by atoms with Crippen LogP contribution in [0.4, 0.5) is 5.69 Å². The molecule has 0 radical (unpaired) electrons. The van der Waals surface area contributed by atoms with Gasteiger partial charge in [-0.1, -0.05) is 0 Å². The van der Waals surface area contributed by atoms with Crippen molar-refractivity contribution in [1.82, 2.24) is 0 Å². The molecule has 0 saturated carbocycles. The number of hydrogen-bond acceptors (Lipinski definition) is 2. The van der Waals surface area contributed by atoms with Gasteiger partial charge >= 0.3 is 0 Å². The molecule has 0 fully saturated rings. The first-order valence-electron chi connectivity index (χ1n) is 3.59. The van der Waals surface area contributed by atoms with E-state index in [1.54, 1.807) is 6.92 Å². The fourth-order valence-corrected chi connectivity index (χ4v) is 1.84. The van der Waals surface area contributed by atoms with Gasteiger partial charge in [-0.05, 0) is 54.1 Å². The first kappa shape index (κ1) is 9.51. The third kappa shape index (κ3) is 1.77. The summed E-state index contributed by atoms with van der Waals surface area (Å²) < 4.78 is 0.920. The Kier molecular flexibility index (Phi) is 2.72. The van der Waals surface area contributed by atoms with Crippen molar-refractivity contribution in [3.05, 3.63) is 26.8 Å². The molecule has 0 amide bonds. The molecule has 64 valence electrons. The smallest absolute Gasteiger partial charge is 0.160 e. The molecule has 0 spiro atoms. The second-order valence-corrected chi connectivity index (χ2v) is 3.91. The predicted octanol–water partition coefficient (Wildman–Crippen LogP) is 2.38. The van der Waals surface area contributed by atoms with E-state index < -0.39 is 0 Å². The number of hydrogen-bond donors (Lipinski definition) is 1. The summed E-state index contributed by atoms with van der Waals surface area (Å²) in [6, 6.07) is 3.66. The summed E-state index contributed by atoms with van der Waals surface area (Å²) in [5.41, 5.74) is 8.12. The molecule has 1 aromatic carbocycles. The van der Waals surface area contributed by atoms with Crippen molar-refractivity contribution in [1.29, 1.82) is 0 Å². The van der Waals surface area contributed by atoms with E-state index in [1.165, 1.54) is 0 Å². The van der Waals surface area contributed by atoms with Crippen molar-refractivity contribution in [2.24, 2.45) is 0 Å². The van der Waals surface area contributed by atoms with Gasteiger partial charge in [0.1, 0.15) is 0 Å². The summed E-state index contributed by atoms with van der Waals surface area (Å²) in [6.07, 6.45) is 0. The number of Topliss-reactive ketones (excluding diaryl/α,β-unsaturated/α-hetero) is 1. The molecule has 12 heavy (non-hydrogen) atoms. The molecule has 0 heterocycles. The molecule has 0 aliphatic rings. The lowest BCUT2D eigenvalue weighted by atomic mass is 10.1. The molecule has 2 nitrogen and oxygen atoms in total. The minimum absolute atomic E-state index is 0.0856. The average molecular weight is 275 g/mol. The molecular weight excluding hydrogens is 265 g/mol. The van der Waals surface area contributed by atoms with Gasteiger partial charge in [0.25, 0.3) is 0 Å². The maximum atomic E-state index is 11.1. The standard InChI is InChI=1S/C9H10INO/c1-5-3-7(6(2)12)8(10)4-9(5)11/h3-4H,11H2,1-2H3. The van der Waals surface area contributed by atoms with E-state index in [0.717, 1.165) is 20.4 Å². The second-order valence-electron chi connectivity index (χ2n) is 2.74. The highest BCUT2D eigenvalue weighted by Gasteiger charge is 2.06. The quantitative estimate of drug-likeness (QED) is 0.486. The van der Waals surface area contributed by atoms with Gasteiger partial charge in [0, 0.05) is 14.8 Å². The van der Waals surface area contributed by atoms with Gasteiger partial charge in [-0.15, -0.1) is 0 Å². The highest BCUT2D eigenvalue weighted by atomic mass is 127. The zero-order valence-corrected chi connectivity index (χ0v) is 9.18. The fourth-order valence-electron chi connectivity index (χ4n) is 0.967. The molecule has 1 aromatic rings. The predicted molar refractivity (Wildman–Crippen MR) is 58.3 cm³/mol. The van der Waals surface area contributed by atoms with Gasteiger partial charge in [-0.2, -0.15) is 0 Å². The van der Waals surface area contributed by atoms with Gasteiger partial charge in [0.05, 0.1) is 0 Å². The average Bonchev–Trinajstić information content (AvgIpc) is 1.96. The zero-order valence-electron chi connectivity index (χ0n) is 7.02. The van der Waals surface area contributed by atoms with Crippen LogP contribution in [0.1, 0.15) is 22.8 Å². The molecule has 1 rings (SSSR count). The van der Waals surface area contributed by atoms with Crippen LogP contribution in [0, 0.1) is 10.5 Å². The van der Waals surface area contributed by atoms with Gasteiger partial charge in [-0.25, -0.2) is 0 Å². The highest BCUT2D eigenvalue weighted by Crippen LogP contribution is 2.20. The monoisotopic (exact) mass is 275 g/mol. The SMILES string of the molecule is CC(=O)c1cc(C)c(N)cc1I. The Morgan fingerprint density at radius 3 is 2.58 bits per heavy atom. The normalized spacial score (nSPS) is 9.92. The molecular formula is C9H10INO. The van der Waals surface area contributed by atoms with Crippen molar-refractivity contribution in [2.75, 3.05) is 5.73 Å². The summed E-state index contributed by atoms with van der Waals surface area (Å²) in [4.78, 5) is 11.1. The summed E-state index contributed by atoms with van der Waals surface area (Å²) in [5, 5.41) is 0. The number of anilines is 1. The fraction of sp³-hybridized carbons (Fsp3) is 0.222. The summed E-state index contributed by atoms with van der Waals surface area (Å²) in [5.74, 6) is 0.0856. The Morgan fingerprint density at radius 2 is 2.08 bits per heavy atom. The van der Waals surface area contributed by atoms with E-state index in [1.807, 2.05) is 19.1 Å². The van der Waals surface area contributed by atoms with Gasteiger partial charge in [-0.3, -0.25) is 4.79 Å². The van der Waals surface area contributed by atoms with E-state index in [9.17, 15) is 4.79 Å². The minimum Gasteiger partial charge on any atom is -0.398 e. The van der Waals surface area contributed by atoms with Crippen LogP contribution >= 0.6 is 22.6 Å². The number of halogens is 1. The number of nitrogens with two attached hydrogens (primary N) is 1. The Labute approximate surface area is 85.3 Å². The van der Waals surface area contributed by atoms with E-state index in [2.05, 4.69) is 22.6 Å². The summed E-state index contributed by atoms with van der Waals surface area (Å²) in [6.45, 7) is 3.46. The van der Waals surface area contributed by atoms with Crippen LogP contribution in [0.3, 0.4) is 0 Å². The van der Waals surface area contributed by atoms with Crippen LogP contribution in [0.25, 0.3) is 0 Å². The summed E-state index contributed by atoms with van der Waals surface area (Å²) in [7, 11) is 0. The van der Waals surface area contributed by atoms with Gasteiger partial charge in [0.15, 0.2) is 5.78 Å². The summed E-state index contributed by atoms with van der Waals surface area (Å²) >= 11 is 2.12. The zero-order chi connectivity index (χ0) is 9.30. The molecule has 3 heteroatoms. The van der Waals surface area contributed by atoms with Crippen LogP contribution in [0.15, 0.2) is 12.1 Å². The Morgan fingerprint density at radius 1 is 1.50 bits per heavy atom. The number of benzene rings is 1. The lowest BCUT2D eigenvalue weighted by Crippen LogP contribution is -1.99. The molecule has 0 unspecified atom stereocenters. The van der Waals surface area contributed by atoms with E-state index in [0.29, 0.717) is 0 Å². The van der Waals surface area contributed by atoms with Crippen LogP contribution in [0.2, 0.25) is 0 Å². The molecule has 0 aromatic heterocycles. The lowest BCUT2D eigenvalue weighted by molar-refractivity contribution is 0.101. The first-order valence-corrected chi connectivity index (χ1v) is 4.67. The van der Waals surface area contributed by atoms with Crippen molar-refractivity contribution >= 4 is 34.1 Å². The number of carbonyl (C=O) groups excluding carboxylic acids is 1. The Bertz CT molecular complexity index is 334. The molecule has 0 saturated heterocycles. The lowest BCUT2D eigenvalue weighted by Gasteiger charge is -2.04. The topological polar surface area (TPSA) is 43.1 Å². The van der Waals surface area contributed by atoms with E-state index >= 15 is 0 Å². The van der Waals surface area contributed by atoms with Crippen molar-refractivity contribution in [3.8, 4) is 0 Å². The van der Waals surface area contributed by atoms with Crippen molar-refractivity contribution < 1.29 is 4.79 Å². The maximum absolute atomic E-state index is 11.1. The van der Waals surface area contributed by atoms with Gasteiger partial charge < -0.3 is 5.73 Å². The Hall–Kier alpha value is -0.580. The third-order valence-electron chi connectivity index (χ3n) is 1.74. The Balaban J connectivity index is 3.33. The van der Waals surface area contributed by atoms with E-state index in [-0.39, 0.29) is 5.78 Å². The molecule has 0 bridgehead atoms. The molecule has 0 atom stereocenters. The van der Waals surface area contributed by atoms with Crippen LogP contribution in [0.5, 0.6) is 0 Å². The highest BCUT2D eigenvalue weighted by molar-refractivity contribution is 14.1. The van der Waals surface area contributed by atoms with E-state index in [4.69, 9.17) is 5.73 Å².